The Balaban J connectivity index is 3.17. The van der Waals surface area contributed by atoms with E-state index in [9.17, 15) is 13.2 Å². The van der Waals surface area contributed by atoms with E-state index in [-0.39, 0.29) is 16.8 Å². The zero-order valence-corrected chi connectivity index (χ0v) is 13.6. The van der Waals surface area contributed by atoms with Gasteiger partial charge in [-0.25, -0.2) is 13.1 Å². The van der Waals surface area contributed by atoms with Crippen LogP contribution in [0.5, 0.6) is 5.75 Å². The molecule has 0 radical (unpaired) electrons. The van der Waals surface area contributed by atoms with Gasteiger partial charge in [-0.1, -0.05) is 6.92 Å². The van der Waals surface area contributed by atoms with Gasteiger partial charge in [-0.15, -0.1) is 0 Å². The van der Waals surface area contributed by atoms with Crippen molar-refractivity contribution in [3.8, 4) is 5.75 Å². The van der Waals surface area contributed by atoms with Gasteiger partial charge in [0, 0.05) is 13.0 Å². The van der Waals surface area contributed by atoms with Crippen molar-refractivity contribution in [1.29, 1.82) is 0 Å². The lowest BCUT2D eigenvalue weighted by Gasteiger charge is -2.15. The lowest BCUT2D eigenvalue weighted by atomic mass is 10.3. The van der Waals surface area contributed by atoms with Gasteiger partial charge < -0.3 is 10.1 Å². The smallest absolute Gasteiger partial charge is 0.240 e. The van der Waals surface area contributed by atoms with Crippen LogP contribution in [0.4, 0.5) is 5.69 Å². The second kappa shape index (κ2) is 7.42. The first-order valence-electron chi connectivity index (χ1n) is 6.87. The summed E-state index contributed by atoms with van der Waals surface area (Å²) >= 11 is 0. The highest BCUT2D eigenvalue weighted by Gasteiger charge is 2.19. The topological polar surface area (TPSA) is 84.5 Å². The van der Waals surface area contributed by atoms with Crippen LogP contribution >= 0.6 is 0 Å². The third-order valence-corrected chi connectivity index (χ3v) is 4.43. The summed E-state index contributed by atoms with van der Waals surface area (Å²) < 4.78 is 32.4. The molecule has 1 aromatic carbocycles. The molecule has 0 saturated carbocycles. The van der Waals surface area contributed by atoms with E-state index >= 15 is 0 Å². The van der Waals surface area contributed by atoms with Gasteiger partial charge in [0.1, 0.15) is 5.75 Å². The van der Waals surface area contributed by atoms with E-state index in [0.29, 0.717) is 24.5 Å². The minimum atomic E-state index is -3.62. The van der Waals surface area contributed by atoms with Gasteiger partial charge in [0.25, 0.3) is 0 Å². The van der Waals surface area contributed by atoms with Crippen molar-refractivity contribution in [3.05, 3.63) is 18.2 Å². The van der Waals surface area contributed by atoms with Crippen molar-refractivity contribution in [3.63, 3.8) is 0 Å². The van der Waals surface area contributed by atoms with Crippen molar-refractivity contribution < 1.29 is 17.9 Å². The van der Waals surface area contributed by atoms with Crippen molar-refractivity contribution in [2.45, 2.75) is 45.1 Å². The molecular weight excluding hydrogens is 292 g/mol. The SMILES string of the molecule is CCOc1ccc(S(=O)(=O)N[C@H](C)CC)cc1NC(C)=O. The highest BCUT2D eigenvalue weighted by molar-refractivity contribution is 7.89. The zero-order chi connectivity index (χ0) is 16.0. The second-order valence-corrected chi connectivity index (χ2v) is 6.42. The van der Waals surface area contributed by atoms with Crippen molar-refractivity contribution in [2.24, 2.45) is 0 Å². The quantitative estimate of drug-likeness (QED) is 0.807. The molecule has 0 spiro atoms. The Morgan fingerprint density at radius 1 is 1.33 bits per heavy atom. The van der Waals surface area contributed by atoms with Gasteiger partial charge in [0.05, 0.1) is 17.2 Å². The molecule has 7 heteroatoms. The third-order valence-electron chi connectivity index (χ3n) is 2.84. The maximum Gasteiger partial charge on any atom is 0.240 e. The number of nitrogens with one attached hydrogen (secondary N) is 2. The molecule has 118 valence electrons. The Bertz CT molecular complexity index is 599. The first-order chi connectivity index (χ1) is 9.80. The van der Waals surface area contributed by atoms with Gasteiger partial charge >= 0.3 is 0 Å². The average Bonchev–Trinajstić information content (AvgIpc) is 2.39. The fourth-order valence-electron chi connectivity index (χ4n) is 1.66. The molecule has 0 bridgehead atoms. The van der Waals surface area contributed by atoms with Gasteiger partial charge in [-0.3, -0.25) is 4.79 Å². The van der Waals surface area contributed by atoms with Gasteiger partial charge in [-0.05, 0) is 38.5 Å². The summed E-state index contributed by atoms with van der Waals surface area (Å²) in [4.78, 5) is 11.3. The molecule has 6 nitrogen and oxygen atoms in total. The summed E-state index contributed by atoms with van der Waals surface area (Å²) in [5.74, 6) is 0.149. The normalized spacial score (nSPS) is 12.8. The minimum Gasteiger partial charge on any atom is -0.492 e. The number of rotatable bonds is 7. The fourth-order valence-corrected chi connectivity index (χ4v) is 3.01. The minimum absolute atomic E-state index is 0.0926. The largest absolute Gasteiger partial charge is 0.492 e. The van der Waals surface area contributed by atoms with E-state index in [4.69, 9.17) is 4.74 Å². The first-order valence-corrected chi connectivity index (χ1v) is 8.35. The summed E-state index contributed by atoms with van der Waals surface area (Å²) in [6.07, 6.45) is 0.689. The van der Waals surface area contributed by atoms with Gasteiger partial charge in [0.15, 0.2) is 0 Å². The van der Waals surface area contributed by atoms with E-state index < -0.39 is 10.0 Å². The summed E-state index contributed by atoms with van der Waals surface area (Å²) in [6, 6.07) is 4.24. The summed E-state index contributed by atoms with van der Waals surface area (Å²) in [5.41, 5.74) is 0.344. The molecule has 0 aromatic heterocycles. The highest BCUT2D eigenvalue weighted by atomic mass is 32.2. The average molecular weight is 314 g/mol. The van der Waals surface area contributed by atoms with E-state index in [1.807, 2.05) is 13.8 Å². The maximum atomic E-state index is 12.2. The second-order valence-electron chi connectivity index (χ2n) is 4.70. The predicted molar refractivity (Wildman–Crippen MR) is 82.0 cm³/mol. The van der Waals surface area contributed by atoms with E-state index in [2.05, 4.69) is 10.0 Å². The van der Waals surface area contributed by atoms with Crippen LogP contribution in [0, 0.1) is 0 Å². The van der Waals surface area contributed by atoms with Crippen LogP contribution in [-0.2, 0) is 14.8 Å². The molecule has 1 aromatic rings. The lowest BCUT2D eigenvalue weighted by molar-refractivity contribution is -0.114. The predicted octanol–water partition coefficient (Wildman–Crippen LogP) is 2.12. The summed E-state index contributed by atoms with van der Waals surface area (Å²) in [6.45, 7) is 7.28. The molecule has 0 aliphatic heterocycles. The Morgan fingerprint density at radius 2 is 2.00 bits per heavy atom. The molecule has 1 amide bonds. The van der Waals surface area contributed by atoms with Crippen LogP contribution in [0.25, 0.3) is 0 Å². The van der Waals surface area contributed by atoms with E-state index in [1.165, 1.54) is 19.1 Å². The van der Waals surface area contributed by atoms with Crippen molar-refractivity contribution in [2.75, 3.05) is 11.9 Å². The molecule has 0 saturated heterocycles. The van der Waals surface area contributed by atoms with E-state index in [1.54, 1.807) is 13.0 Å². The van der Waals surface area contributed by atoms with Gasteiger partial charge in [-0.2, -0.15) is 0 Å². The van der Waals surface area contributed by atoms with Crippen LogP contribution in [0.15, 0.2) is 23.1 Å². The highest BCUT2D eigenvalue weighted by Crippen LogP contribution is 2.28. The lowest BCUT2D eigenvalue weighted by Crippen LogP contribution is -2.32. The molecule has 0 aliphatic carbocycles. The molecule has 0 aliphatic rings. The Labute approximate surface area is 125 Å². The molecule has 0 heterocycles. The maximum absolute atomic E-state index is 12.2. The fraction of sp³-hybridized carbons (Fsp3) is 0.500. The standard InChI is InChI=1S/C14H22N2O4S/c1-5-10(3)16-21(18,19)12-7-8-14(20-6-2)13(9-12)15-11(4)17/h7-10,16H,5-6H2,1-4H3,(H,15,17)/t10-/m1/s1. The summed E-state index contributed by atoms with van der Waals surface area (Å²) in [7, 11) is -3.62. The molecule has 1 atom stereocenters. The Kier molecular flexibility index (Phi) is 6.17. The summed E-state index contributed by atoms with van der Waals surface area (Å²) in [5, 5.41) is 2.58. The van der Waals surface area contributed by atoms with Crippen LogP contribution in [-0.4, -0.2) is 27.0 Å². The monoisotopic (exact) mass is 314 g/mol. The number of hydrogen-bond donors (Lipinski definition) is 2. The van der Waals surface area contributed by atoms with Gasteiger partial charge in [0.2, 0.25) is 15.9 Å². The molecule has 2 N–H and O–H groups in total. The van der Waals surface area contributed by atoms with Crippen molar-refractivity contribution >= 4 is 21.6 Å². The number of amides is 1. The number of benzene rings is 1. The molecular formula is C14H22N2O4S. The number of carbonyl (C=O) groups is 1. The number of anilines is 1. The number of sulfonamides is 1. The van der Waals surface area contributed by atoms with E-state index in [0.717, 1.165) is 0 Å². The molecule has 0 fully saturated rings. The molecule has 1 rings (SSSR count). The van der Waals surface area contributed by atoms with Crippen molar-refractivity contribution in [1.82, 2.24) is 4.72 Å². The molecule has 21 heavy (non-hydrogen) atoms. The number of hydrogen-bond acceptors (Lipinski definition) is 4. The van der Waals surface area contributed by atoms with Crippen LogP contribution in [0.2, 0.25) is 0 Å². The number of carbonyl (C=O) groups excluding carboxylic acids is 1. The Hall–Kier alpha value is -1.60. The van der Waals surface area contributed by atoms with Crippen LogP contribution in [0.1, 0.15) is 34.1 Å². The first kappa shape index (κ1) is 17.5. The zero-order valence-electron chi connectivity index (χ0n) is 12.8. The van der Waals surface area contributed by atoms with Crippen LogP contribution in [0.3, 0.4) is 0 Å². The Morgan fingerprint density at radius 3 is 2.52 bits per heavy atom. The van der Waals surface area contributed by atoms with Crippen LogP contribution < -0.4 is 14.8 Å². The third kappa shape index (κ3) is 5.02. The number of ether oxygens (including phenoxy) is 1. The molecule has 0 unspecified atom stereocenters.